The molecule has 2 heterocycles. The van der Waals surface area contributed by atoms with Crippen LogP contribution in [0.25, 0.3) is 0 Å². The second-order valence-electron chi connectivity index (χ2n) is 4.89. The molecule has 0 spiro atoms. The van der Waals surface area contributed by atoms with Crippen molar-refractivity contribution < 1.29 is 9.84 Å². The molecule has 92 valence electrons. The number of hydrogen-bond acceptors (Lipinski definition) is 4. The molecule has 0 aliphatic carbocycles. The van der Waals surface area contributed by atoms with Crippen LogP contribution in [0.3, 0.4) is 0 Å². The van der Waals surface area contributed by atoms with Gasteiger partial charge in [0, 0.05) is 37.8 Å². The number of phenols is 1. The lowest BCUT2D eigenvalue weighted by molar-refractivity contribution is 0.0976. The molecule has 1 aromatic carbocycles. The van der Waals surface area contributed by atoms with E-state index in [1.54, 1.807) is 12.1 Å². The van der Waals surface area contributed by atoms with Crippen molar-refractivity contribution >= 4 is 0 Å². The monoisotopic (exact) mass is 234 g/mol. The molecule has 0 amide bonds. The highest BCUT2D eigenvalue weighted by Crippen LogP contribution is 2.38. The minimum absolute atomic E-state index is 0.280. The Hall–Kier alpha value is -1.26. The predicted octanol–water partition coefficient (Wildman–Crippen LogP) is 1.07. The van der Waals surface area contributed by atoms with Crippen LogP contribution >= 0.6 is 0 Å². The minimum atomic E-state index is 0.280. The van der Waals surface area contributed by atoms with E-state index in [4.69, 9.17) is 4.74 Å². The molecule has 0 aromatic heterocycles. The van der Waals surface area contributed by atoms with Gasteiger partial charge in [0.2, 0.25) is 0 Å². The van der Waals surface area contributed by atoms with Crippen LogP contribution in [0, 0.1) is 0 Å². The Balaban J connectivity index is 1.79. The van der Waals surface area contributed by atoms with Gasteiger partial charge in [0.25, 0.3) is 0 Å². The first-order chi connectivity index (χ1) is 8.24. The zero-order valence-corrected chi connectivity index (χ0v) is 10.1. The lowest BCUT2D eigenvalue weighted by Crippen LogP contribution is -2.46. The highest BCUT2D eigenvalue weighted by molar-refractivity contribution is 5.44. The van der Waals surface area contributed by atoms with Crippen LogP contribution < -0.4 is 4.74 Å². The predicted molar refractivity (Wildman–Crippen MR) is 65.4 cm³/mol. The van der Waals surface area contributed by atoms with Crippen molar-refractivity contribution in [1.29, 1.82) is 0 Å². The minimum Gasteiger partial charge on any atom is -0.508 e. The quantitative estimate of drug-likeness (QED) is 0.788. The fourth-order valence-corrected chi connectivity index (χ4v) is 2.62. The van der Waals surface area contributed by atoms with E-state index >= 15 is 0 Å². The number of aromatic hydroxyl groups is 1. The summed E-state index contributed by atoms with van der Waals surface area (Å²) in [6.07, 6.45) is 0. The molecule has 2 aliphatic rings. The second-order valence-corrected chi connectivity index (χ2v) is 4.89. The summed E-state index contributed by atoms with van der Waals surface area (Å²) in [6.45, 7) is 5.12. The lowest BCUT2D eigenvalue weighted by Gasteiger charge is -2.35. The summed E-state index contributed by atoms with van der Waals surface area (Å²) in [6, 6.07) is 5.81. The van der Waals surface area contributed by atoms with E-state index < -0.39 is 0 Å². The van der Waals surface area contributed by atoms with E-state index in [2.05, 4.69) is 16.8 Å². The van der Waals surface area contributed by atoms with Crippen LogP contribution in [-0.2, 0) is 0 Å². The molecular weight excluding hydrogens is 216 g/mol. The van der Waals surface area contributed by atoms with E-state index in [0.717, 1.165) is 31.9 Å². The third kappa shape index (κ3) is 1.98. The summed E-state index contributed by atoms with van der Waals surface area (Å²) < 4.78 is 5.66. The number of ether oxygens (including phenoxy) is 1. The van der Waals surface area contributed by atoms with Gasteiger partial charge in [0.05, 0.1) is 6.04 Å². The van der Waals surface area contributed by atoms with Crippen molar-refractivity contribution in [3.8, 4) is 11.5 Å². The van der Waals surface area contributed by atoms with Gasteiger partial charge in [-0.15, -0.1) is 0 Å². The Bertz CT molecular complexity index is 414. The molecule has 1 atom stereocenters. The van der Waals surface area contributed by atoms with Crippen LogP contribution in [0.2, 0.25) is 0 Å². The first-order valence-electron chi connectivity index (χ1n) is 6.12. The molecule has 0 bridgehead atoms. The summed E-state index contributed by atoms with van der Waals surface area (Å²) >= 11 is 0. The van der Waals surface area contributed by atoms with Gasteiger partial charge >= 0.3 is 0 Å². The lowest BCUT2D eigenvalue weighted by atomic mass is 10.1. The van der Waals surface area contributed by atoms with Crippen molar-refractivity contribution in [3.05, 3.63) is 23.8 Å². The maximum atomic E-state index is 9.43. The smallest absolute Gasteiger partial charge is 0.127 e. The van der Waals surface area contributed by atoms with Gasteiger partial charge in [-0.2, -0.15) is 0 Å². The van der Waals surface area contributed by atoms with Crippen LogP contribution in [0.15, 0.2) is 18.2 Å². The van der Waals surface area contributed by atoms with E-state index in [1.807, 2.05) is 6.07 Å². The Labute approximate surface area is 101 Å². The maximum absolute atomic E-state index is 9.43. The molecule has 1 N–H and O–H groups in total. The zero-order chi connectivity index (χ0) is 11.8. The Morgan fingerprint density at radius 1 is 1.24 bits per heavy atom. The number of hydrogen-bond donors (Lipinski definition) is 1. The van der Waals surface area contributed by atoms with Crippen LogP contribution in [0.5, 0.6) is 11.5 Å². The van der Waals surface area contributed by atoms with Gasteiger partial charge in [0.15, 0.2) is 0 Å². The maximum Gasteiger partial charge on any atom is 0.127 e. The summed E-state index contributed by atoms with van der Waals surface area (Å²) in [4.78, 5) is 4.83. The summed E-state index contributed by atoms with van der Waals surface area (Å²) in [7, 11) is 2.16. The Morgan fingerprint density at radius 2 is 2.00 bits per heavy atom. The van der Waals surface area contributed by atoms with Crippen LogP contribution in [-0.4, -0.2) is 54.7 Å². The highest BCUT2D eigenvalue weighted by Gasteiger charge is 2.31. The Morgan fingerprint density at radius 3 is 2.76 bits per heavy atom. The van der Waals surface area contributed by atoms with E-state index in [9.17, 15) is 5.11 Å². The van der Waals surface area contributed by atoms with Crippen molar-refractivity contribution in [2.75, 3.05) is 39.8 Å². The van der Waals surface area contributed by atoms with Gasteiger partial charge in [-0.25, -0.2) is 0 Å². The second kappa shape index (κ2) is 4.20. The topological polar surface area (TPSA) is 35.9 Å². The van der Waals surface area contributed by atoms with Crippen molar-refractivity contribution in [1.82, 2.24) is 9.80 Å². The van der Waals surface area contributed by atoms with Gasteiger partial charge in [-0.05, 0) is 19.2 Å². The van der Waals surface area contributed by atoms with E-state index in [1.165, 1.54) is 5.56 Å². The number of nitrogens with zero attached hydrogens (tertiary/aromatic N) is 2. The molecule has 0 saturated carbocycles. The zero-order valence-electron chi connectivity index (χ0n) is 10.1. The van der Waals surface area contributed by atoms with Crippen LogP contribution in [0.1, 0.15) is 11.6 Å². The van der Waals surface area contributed by atoms with Gasteiger partial charge in [0.1, 0.15) is 18.1 Å². The number of fused-ring (bicyclic) bond motifs is 1. The molecule has 1 fully saturated rings. The number of phenolic OH excluding ortho intramolecular Hbond substituents is 1. The molecule has 1 aromatic rings. The molecule has 2 aliphatic heterocycles. The number of piperazine rings is 1. The summed E-state index contributed by atoms with van der Waals surface area (Å²) in [5.41, 5.74) is 1.22. The molecule has 17 heavy (non-hydrogen) atoms. The van der Waals surface area contributed by atoms with E-state index in [0.29, 0.717) is 12.6 Å². The van der Waals surface area contributed by atoms with Crippen molar-refractivity contribution in [2.45, 2.75) is 6.04 Å². The highest BCUT2D eigenvalue weighted by atomic mass is 16.5. The molecule has 3 rings (SSSR count). The molecule has 1 saturated heterocycles. The third-order valence-corrected chi connectivity index (χ3v) is 3.73. The number of likely N-dealkylation sites (N-methyl/N-ethyl adjacent to an activating group) is 1. The fourth-order valence-electron chi connectivity index (χ4n) is 2.62. The average Bonchev–Trinajstić information content (AvgIpc) is 2.73. The summed E-state index contributed by atoms with van der Waals surface area (Å²) in [5.74, 6) is 1.12. The molecule has 4 nitrogen and oxygen atoms in total. The molecule has 4 heteroatoms. The standard InChI is InChI=1S/C13H18N2O2/c1-14-4-6-15(7-5-14)12-9-17-13-8-10(16)2-3-11(12)13/h2-3,8,12,16H,4-7,9H2,1H3. The first kappa shape index (κ1) is 10.9. The SMILES string of the molecule is CN1CCN(C2COc3cc(O)ccc32)CC1. The third-order valence-electron chi connectivity index (χ3n) is 3.73. The average molecular weight is 234 g/mol. The number of benzene rings is 1. The van der Waals surface area contributed by atoms with Gasteiger partial charge in [-0.3, -0.25) is 4.90 Å². The van der Waals surface area contributed by atoms with Crippen molar-refractivity contribution in [2.24, 2.45) is 0 Å². The first-order valence-corrected chi connectivity index (χ1v) is 6.12. The molecular formula is C13H18N2O2. The Kier molecular flexibility index (Phi) is 2.68. The van der Waals surface area contributed by atoms with Crippen LogP contribution in [0.4, 0.5) is 0 Å². The van der Waals surface area contributed by atoms with E-state index in [-0.39, 0.29) is 5.75 Å². The van der Waals surface area contributed by atoms with Gasteiger partial charge < -0.3 is 14.7 Å². The van der Waals surface area contributed by atoms with Crippen molar-refractivity contribution in [3.63, 3.8) is 0 Å². The largest absolute Gasteiger partial charge is 0.508 e. The van der Waals surface area contributed by atoms with Gasteiger partial charge in [-0.1, -0.05) is 0 Å². The summed E-state index contributed by atoms with van der Waals surface area (Å²) in [5, 5.41) is 9.43. The molecule has 0 radical (unpaired) electrons. The molecule has 1 unspecified atom stereocenters. The normalized spacial score (nSPS) is 25.6. The fraction of sp³-hybridized carbons (Fsp3) is 0.538. The number of rotatable bonds is 1.